The fourth-order valence-corrected chi connectivity index (χ4v) is 6.14. The van der Waals surface area contributed by atoms with Crippen LogP contribution in [0.4, 0.5) is 8.78 Å². The lowest BCUT2D eigenvalue weighted by molar-refractivity contribution is -0.141. The number of hydrogen-bond acceptors (Lipinski definition) is 10. The Balaban J connectivity index is 0.000000239. The minimum atomic E-state index is -1.04. The Bertz CT molecular complexity index is 1710. The average molecular weight is 751 g/mol. The molecule has 2 heterocycles. The molecule has 54 heavy (non-hydrogen) atoms. The molecule has 4 aromatic carbocycles. The van der Waals surface area contributed by atoms with E-state index >= 15 is 0 Å². The molecule has 0 spiro atoms. The predicted molar refractivity (Wildman–Crippen MR) is 200 cm³/mol. The van der Waals surface area contributed by atoms with E-state index in [0.29, 0.717) is 51.0 Å². The summed E-state index contributed by atoms with van der Waals surface area (Å²) < 4.78 is 61.9. The molecule has 2 saturated heterocycles. The monoisotopic (exact) mass is 750 g/mol. The van der Waals surface area contributed by atoms with Crippen molar-refractivity contribution in [2.24, 2.45) is 5.73 Å². The number of aliphatic hydroxyl groups is 2. The zero-order valence-electron chi connectivity index (χ0n) is 31.3. The van der Waals surface area contributed by atoms with Gasteiger partial charge in [-0.3, -0.25) is 4.90 Å². The molecule has 0 radical (unpaired) electrons. The van der Waals surface area contributed by atoms with Gasteiger partial charge in [-0.25, -0.2) is 8.78 Å². The van der Waals surface area contributed by atoms with Crippen molar-refractivity contribution in [3.8, 4) is 11.5 Å². The van der Waals surface area contributed by atoms with Gasteiger partial charge in [0.05, 0.1) is 25.4 Å². The second-order valence-electron chi connectivity index (χ2n) is 14.3. The molecule has 4 aromatic rings. The lowest BCUT2D eigenvalue weighted by Crippen LogP contribution is -2.28. The van der Waals surface area contributed by atoms with Gasteiger partial charge < -0.3 is 44.4 Å². The van der Waals surface area contributed by atoms with Crippen LogP contribution >= 0.6 is 0 Å². The molecule has 0 unspecified atom stereocenters. The van der Waals surface area contributed by atoms with Crippen LogP contribution in [0.3, 0.4) is 0 Å². The Morgan fingerprint density at radius 1 is 0.685 bits per heavy atom. The quantitative estimate of drug-likeness (QED) is 0.125. The molecule has 6 rings (SSSR count). The zero-order valence-corrected chi connectivity index (χ0v) is 31.3. The van der Waals surface area contributed by atoms with E-state index in [0.717, 1.165) is 11.1 Å². The van der Waals surface area contributed by atoms with E-state index in [1.807, 2.05) is 64.1 Å². The van der Waals surface area contributed by atoms with Crippen LogP contribution in [-0.2, 0) is 32.0 Å². The number of nitrogens with zero attached hydrogens (tertiary/aromatic N) is 1. The van der Waals surface area contributed by atoms with E-state index in [2.05, 4.69) is 29.2 Å². The highest BCUT2D eigenvalue weighted by Crippen LogP contribution is 2.28. The highest BCUT2D eigenvalue weighted by molar-refractivity contribution is 5.32. The van der Waals surface area contributed by atoms with Crippen molar-refractivity contribution < 1.29 is 47.4 Å². The van der Waals surface area contributed by atoms with Crippen LogP contribution in [0.1, 0.15) is 62.2 Å². The lowest BCUT2D eigenvalue weighted by atomic mass is 10.1. The average Bonchev–Trinajstić information content (AvgIpc) is 3.70. The molecular formula is C42H52F2N2O8. The topological polar surface area (TPSA) is 125 Å². The molecule has 292 valence electrons. The van der Waals surface area contributed by atoms with Crippen molar-refractivity contribution in [3.63, 3.8) is 0 Å². The molecule has 0 amide bonds. The highest BCUT2D eigenvalue weighted by Gasteiger charge is 2.34. The second kappa shape index (κ2) is 19.1. The van der Waals surface area contributed by atoms with Crippen molar-refractivity contribution in [1.29, 1.82) is 0 Å². The van der Waals surface area contributed by atoms with Crippen LogP contribution in [-0.4, -0.2) is 78.4 Å². The van der Waals surface area contributed by atoms with E-state index in [1.165, 1.54) is 24.3 Å². The van der Waals surface area contributed by atoms with Crippen LogP contribution in [0.15, 0.2) is 97.1 Å². The van der Waals surface area contributed by atoms with Gasteiger partial charge in [-0.15, -0.1) is 0 Å². The van der Waals surface area contributed by atoms with Crippen molar-refractivity contribution in [2.45, 2.75) is 76.8 Å². The first-order valence-corrected chi connectivity index (χ1v) is 18.1. The molecular weight excluding hydrogens is 698 g/mol. The standard InChI is InChI=1S/C28H32FNO4.C14H20FNO4/c1-28(2)33-20-24(34-28)19-32-23-13-14-26(29)25(15-23)27(31)18-30(16-21-9-5-3-6-10-21)17-22-11-7-4-8-12-22;1-14(2)19-8-10(20-14)7-18-9-3-4-12(15)11(5-9)13(17)6-16/h3-15,24,27,31H,16-20H2,1-2H3;3-5,10,13,17H,6-8,16H2,1-2H3/t24-,27+;10-,13+/m00/s1. The largest absolute Gasteiger partial charge is 0.491 e. The summed E-state index contributed by atoms with van der Waals surface area (Å²) in [7, 11) is 0. The Morgan fingerprint density at radius 3 is 1.50 bits per heavy atom. The van der Waals surface area contributed by atoms with Gasteiger partial charge >= 0.3 is 0 Å². The number of ether oxygens (including phenoxy) is 6. The van der Waals surface area contributed by atoms with Crippen LogP contribution in [0.2, 0.25) is 0 Å². The first-order chi connectivity index (χ1) is 25.8. The number of rotatable bonds is 15. The smallest absolute Gasteiger partial charge is 0.163 e. The van der Waals surface area contributed by atoms with E-state index < -0.39 is 35.4 Å². The summed E-state index contributed by atoms with van der Waals surface area (Å²) in [4.78, 5) is 2.12. The normalized spacial score (nSPS) is 19.9. The predicted octanol–water partition coefficient (Wildman–Crippen LogP) is 6.44. The van der Waals surface area contributed by atoms with Gasteiger partial charge in [0.2, 0.25) is 0 Å². The minimum Gasteiger partial charge on any atom is -0.491 e. The maximum absolute atomic E-state index is 14.7. The fourth-order valence-electron chi connectivity index (χ4n) is 6.14. The number of aliphatic hydroxyl groups excluding tert-OH is 2. The Hall–Kier alpha value is -3.98. The van der Waals surface area contributed by atoms with Gasteiger partial charge in [-0.05, 0) is 75.2 Å². The van der Waals surface area contributed by atoms with Gasteiger partial charge in [-0.1, -0.05) is 60.7 Å². The first kappa shape index (κ1) is 41.2. The van der Waals surface area contributed by atoms with Crippen molar-refractivity contribution >= 4 is 0 Å². The molecule has 10 nitrogen and oxygen atoms in total. The van der Waals surface area contributed by atoms with Crippen molar-refractivity contribution in [1.82, 2.24) is 4.90 Å². The van der Waals surface area contributed by atoms with Crippen LogP contribution in [0, 0.1) is 11.6 Å². The summed E-state index contributed by atoms with van der Waals surface area (Å²) in [5.41, 5.74) is 7.94. The molecule has 2 aliphatic heterocycles. The van der Waals surface area contributed by atoms with E-state index in [-0.39, 0.29) is 36.4 Å². The third-order valence-corrected chi connectivity index (χ3v) is 8.81. The molecule has 0 bridgehead atoms. The summed E-state index contributed by atoms with van der Waals surface area (Å²) in [6, 6.07) is 28.8. The Labute approximate surface area is 316 Å². The maximum Gasteiger partial charge on any atom is 0.163 e. The Morgan fingerprint density at radius 2 is 1.11 bits per heavy atom. The highest BCUT2D eigenvalue weighted by atomic mass is 19.1. The van der Waals surface area contributed by atoms with Crippen LogP contribution < -0.4 is 15.2 Å². The molecule has 0 aliphatic carbocycles. The molecule has 0 saturated carbocycles. The number of hydrogen-bond donors (Lipinski definition) is 3. The minimum absolute atomic E-state index is 0.0475. The van der Waals surface area contributed by atoms with Crippen molar-refractivity contribution in [2.75, 3.05) is 39.5 Å². The SMILES string of the molecule is CC1(C)OC[C@H](COc2ccc(F)c([C@H](O)CN(Cc3ccccc3)Cc3ccccc3)c2)O1.CC1(C)OC[C@H](COc2ccc(F)c([C@H](O)CN)c2)O1. The van der Waals surface area contributed by atoms with Crippen LogP contribution in [0.25, 0.3) is 0 Å². The van der Waals surface area contributed by atoms with Crippen LogP contribution in [0.5, 0.6) is 11.5 Å². The maximum atomic E-state index is 14.7. The molecule has 12 heteroatoms. The van der Waals surface area contributed by atoms with Crippen molar-refractivity contribution in [3.05, 3.63) is 131 Å². The van der Waals surface area contributed by atoms with Gasteiger partial charge in [0, 0.05) is 37.3 Å². The second-order valence-corrected chi connectivity index (χ2v) is 14.3. The van der Waals surface area contributed by atoms with Gasteiger partial charge in [0.15, 0.2) is 11.6 Å². The third kappa shape index (κ3) is 12.5. The molecule has 2 fully saturated rings. The summed E-state index contributed by atoms with van der Waals surface area (Å²) in [5.74, 6) is -1.24. The summed E-state index contributed by atoms with van der Waals surface area (Å²) in [6.45, 7) is 10.4. The molecule has 0 aromatic heterocycles. The zero-order chi connectivity index (χ0) is 38.7. The molecule has 4 N–H and O–H groups in total. The van der Waals surface area contributed by atoms with Gasteiger partial charge in [-0.2, -0.15) is 0 Å². The van der Waals surface area contributed by atoms with E-state index in [1.54, 1.807) is 12.1 Å². The summed E-state index contributed by atoms with van der Waals surface area (Å²) >= 11 is 0. The van der Waals surface area contributed by atoms with E-state index in [9.17, 15) is 19.0 Å². The van der Waals surface area contributed by atoms with E-state index in [4.69, 9.17) is 34.2 Å². The van der Waals surface area contributed by atoms with Gasteiger partial charge in [0.25, 0.3) is 0 Å². The Kier molecular flexibility index (Phi) is 14.5. The molecule has 2 aliphatic rings. The number of benzene rings is 4. The number of halogens is 2. The lowest BCUT2D eigenvalue weighted by Gasteiger charge is -2.26. The summed E-state index contributed by atoms with van der Waals surface area (Å²) in [5, 5.41) is 20.6. The summed E-state index contributed by atoms with van der Waals surface area (Å²) in [6.07, 6.45) is -2.41. The van der Waals surface area contributed by atoms with Gasteiger partial charge in [0.1, 0.15) is 48.6 Å². The third-order valence-electron chi connectivity index (χ3n) is 8.81. The fraction of sp³-hybridized carbons (Fsp3) is 0.429. The number of nitrogens with two attached hydrogens (primary N) is 1. The molecule has 4 atom stereocenters. The first-order valence-electron chi connectivity index (χ1n) is 18.1.